The average Bonchev–Trinajstić information content (AvgIpc) is 2.92. The lowest BCUT2D eigenvalue weighted by Crippen LogP contribution is -2.15. The Bertz CT molecular complexity index is 1790. The Balaban J connectivity index is 1.55. The molecule has 0 aliphatic carbocycles. The predicted molar refractivity (Wildman–Crippen MR) is 152 cm³/mol. The fraction of sp³-hybridized carbons (Fsp3) is 0.0588. The first kappa shape index (κ1) is 20.8. The van der Waals surface area contributed by atoms with E-state index in [1.807, 2.05) is 12.1 Å². The minimum absolute atomic E-state index is 0.880. The van der Waals surface area contributed by atoms with E-state index in [9.17, 15) is 0 Å². The third kappa shape index (κ3) is 3.11. The van der Waals surface area contributed by atoms with Gasteiger partial charge in [-0.15, -0.1) is 0 Å². The molecule has 0 N–H and O–H groups in total. The third-order valence-electron chi connectivity index (χ3n) is 7.30. The zero-order valence-electron chi connectivity index (χ0n) is 20.3. The van der Waals surface area contributed by atoms with Gasteiger partial charge in [-0.3, -0.25) is 0 Å². The molecule has 1 aliphatic heterocycles. The van der Waals surface area contributed by atoms with Gasteiger partial charge in [0.1, 0.15) is 0 Å². The molecule has 0 bridgehead atoms. The van der Waals surface area contributed by atoms with Crippen molar-refractivity contribution in [3.63, 3.8) is 0 Å². The molecule has 1 heterocycles. The van der Waals surface area contributed by atoms with E-state index in [0.29, 0.717) is 0 Å². The summed E-state index contributed by atoms with van der Waals surface area (Å²) in [5.74, 6) is 1.77. The molecule has 7 rings (SSSR count). The molecule has 0 spiro atoms. The van der Waals surface area contributed by atoms with Gasteiger partial charge in [0.15, 0.2) is 11.5 Å². The van der Waals surface area contributed by atoms with Gasteiger partial charge in [0.2, 0.25) is 0 Å². The van der Waals surface area contributed by atoms with Crippen LogP contribution >= 0.6 is 0 Å². The molecule has 0 amide bonds. The summed E-state index contributed by atoms with van der Waals surface area (Å²) in [7, 11) is 2.11. The lowest BCUT2D eigenvalue weighted by atomic mass is 9.85. The van der Waals surface area contributed by atoms with Gasteiger partial charge in [-0.2, -0.15) is 0 Å². The molecular formula is C34H25NO. The van der Waals surface area contributed by atoms with E-state index in [4.69, 9.17) is 4.74 Å². The molecule has 172 valence electrons. The zero-order valence-corrected chi connectivity index (χ0v) is 20.3. The van der Waals surface area contributed by atoms with Gasteiger partial charge in [-0.25, -0.2) is 0 Å². The Morgan fingerprint density at radius 3 is 1.94 bits per heavy atom. The van der Waals surface area contributed by atoms with E-state index in [2.05, 4.69) is 122 Å². The first-order valence-corrected chi connectivity index (χ1v) is 12.3. The highest BCUT2D eigenvalue weighted by molar-refractivity contribution is 6.21. The van der Waals surface area contributed by atoms with Crippen LogP contribution in [0, 0.1) is 6.92 Å². The van der Waals surface area contributed by atoms with Crippen LogP contribution in [0.4, 0.5) is 11.4 Å². The van der Waals surface area contributed by atoms with Crippen molar-refractivity contribution < 1.29 is 4.74 Å². The molecule has 0 radical (unpaired) electrons. The normalized spacial score (nSPS) is 12.3. The van der Waals surface area contributed by atoms with Crippen LogP contribution < -0.4 is 9.64 Å². The first-order chi connectivity index (χ1) is 17.7. The van der Waals surface area contributed by atoms with E-state index >= 15 is 0 Å². The maximum absolute atomic E-state index is 6.27. The van der Waals surface area contributed by atoms with Crippen LogP contribution in [-0.4, -0.2) is 7.05 Å². The fourth-order valence-corrected chi connectivity index (χ4v) is 5.61. The molecule has 0 unspecified atom stereocenters. The Morgan fingerprint density at radius 2 is 1.14 bits per heavy atom. The smallest absolute Gasteiger partial charge is 0.151 e. The Hall–Kier alpha value is -4.56. The number of fused-ring (bicyclic) bond motifs is 4. The van der Waals surface area contributed by atoms with Crippen molar-refractivity contribution in [2.24, 2.45) is 0 Å². The highest BCUT2D eigenvalue weighted by atomic mass is 16.5. The lowest BCUT2D eigenvalue weighted by molar-refractivity contribution is 0.475. The number of anilines is 2. The van der Waals surface area contributed by atoms with Crippen LogP contribution in [0.5, 0.6) is 11.5 Å². The summed E-state index contributed by atoms with van der Waals surface area (Å²) in [6, 6.07) is 41.2. The van der Waals surface area contributed by atoms with Gasteiger partial charge in [0, 0.05) is 7.05 Å². The van der Waals surface area contributed by atoms with Crippen molar-refractivity contribution in [2.45, 2.75) is 6.92 Å². The van der Waals surface area contributed by atoms with Crippen LogP contribution in [0.2, 0.25) is 0 Å². The highest BCUT2D eigenvalue weighted by Crippen LogP contribution is 2.49. The molecule has 0 fully saturated rings. The quantitative estimate of drug-likeness (QED) is 0.237. The SMILES string of the molecule is Cc1ccc2c(-c3ccccc3)c3ccccc3c(-c3ccc4c(c3)N(C)c3ccccc3O4)c2c1. The standard InChI is InChI=1S/C34H25NO/c1-22-16-18-27-28(20-22)34(26-13-7-6-12-25(26)33(27)23-10-4-3-5-11-23)24-17-19-32-30(21-24)35(2)29-14-8-9-15-31(29)36-32/h3-21H,1-2H3. The molecule has 0 saturated heterocycles. The van der Waals surface area contributed by atoms with Crippen molar-refractivity contribution in [3.05, 3.63) is 121 Å². The van der Waals surface area contributed by atoms with Gasteiger partial charge < -0.3 is 9.64 Å². The van der Waals surface area contributed by atoms with E-state index < -0.39 is 0 Å². The van der Waals surface area contributed by atoms with E-state index in [1.165, 1.54) is 49.4 Å². The second kappa shape index (κ2) is 8.00. The molecule has 6 aromatic carbocycles. The highest BCUT2D eigenvalue weighted by Gasteiger charge is 2.23. The largest absolute Gasteiger partial charge is 0.453 e. The molecule has 0 aromatic heterocycles. The lowest BCUT2D eigenvalue weighted by Gasteiger charge is -2.30. The summed E-state index contributed by atoms with van der Waals surface area (Å²) in [6.45, 7) is 2.17. The monoisotopic (exact) mass is 463 g/mol. The number of rotatable bonds is 2. The average molecular weight is 464 g/mol. The first-order valence-electron chi connectivity index (χ1n) is 12.3. The second-order valence-electron chi connectivity index (χ2n) is 9.52. The Kier molecular flexibility index (Phi) is 4.62. The number of benzene rings is 6. The number of para-hydroxylation sites is 2. The van der Waals surface area contributed by atoms with E-state index in [0.717, 1.165) is 22.9 Å². The number of aryl methyl sites for hydroxylation is 1. The maximum atomic E-state index is 6.27. The van der Waals surface area contributed by atoms with Crippen molar-refractivity contribution in [2.75, 3.05) is 11.9 Å². The molecule has 1 aliphatic rings. The maximum Gasteiger partial charge on any atom is 0.151 e. The predicted octanol–water partition coefficient (Wildman–Crippen LogP) is 9.51. The molecule has 2 heteroatoms. The van der Waals surface area contributed by atoms with Gasteiger partial charge in [-0.1, -0.05) is 96.6 Å². The number of hydrogen-bond donors (Lipinski definition) is 0. The van der Waals surface area contributed by atoms with Gasteiger partial charge >= 0.3 is 0 Å². The third-order valence-corrected chi connectivity index (χ3v) is 7.30. The van der Waals surface area contributed by atoms with Gasteiger partial charge in [0.25, 0.3) is 0 Å². The summed E-state index contributed by atoms with van der Waals surface area (Å²) in [4.78, 5) is 2.23. The topological polar surface area (TPSA) is 12.5 Å². The summed E-state index contributed by atoms with van der Waals surface area (Å²) in [5, 5.41) is 5.07. The zero-order chi connectivity index (χ0) is 24.2. The minimum atomic E-state index is 0.880. The molecular weight excluding hydrogens is 438 g/mol. The Labute approximate surface area is 211 Å². The molecule has 2 nitrogen and oxygen atoms in total. The van der Waals surface area contributed by atoms with Crippen LogP contribution in [0.3, 0.4) is 0 Å². The molecule has 36 heavy (non-hydrogen) atoms. The van der Waals surface area contributed by atoms with Crippen molar-refractivity contribution >= 4 is 32.9 Å². The van der Waals surface area contributed by atoms with E-state index in [-0.39, 0.29) is 0 Å². The van der Waals surface area contributed by atoms with Crippen LogP contribution in [-0.2, 0) is 0 Å². The molecule has 0 saturated carbocycles. The second-order valence-corrected chi connectivity index (χ2v) is 9.52. The fourth-order valence-electron chi connectivity index (χ4n) is 5.61. The summed E-state index contributed by atoms with van der Waals surface area (Å²) < 4.78 is 6.27. The van der Waals surface area contributed by atoms with Crippen LogP contribution in [0.25, 0.3) is 43.8 Å². The molecule has 0 atom stereocenters. The van der Waals surface area contributed by atoms with Gasteiger partial charge in [-0.05, 0) is 75.0 Å². The van der Waals surface area contributed by atoms with Gasteiger partial charge in [0.05, 0.1) is 11.4 Å². The number of nitrogens with zero attached hydrogens (tertiary/aromatic N) is 1. The Morgan fingerprint density at radius 1 is 0.500 bits per heavy atom. The number of ether oxygens (including phenoxy) is 1. The van der Waals surface area contributed by atoms with E-state index in [1.54, 1.807) is 0 Å². The minimum Gasteiger partial charge on any atom is -0.453 e. The molecule has 6 aromatic rings. The van der Waals surface area contributed by atoms with Crippen molar-refractivity contribution in [1.29, 1.82) is 0 Å². The van der Waals surface area contributed by atoms with Crippen LogP contribution in [0.15, 0.2) is 115 Å². The van der Waals surface area contributed by atoms with Crippen molar-refractivity contribution in [1.82, 2.24) is 0 Å². The number of hydrogen-bond acceptors (Lipinski definition) is 2. The summed E-state index contributed by atoms with van der Waals surface area (Å²) >= 11 is 0. The summed E-state index contributed by atoms with van der Waals surface area (Å²) in [6.07, 6.45) is 0. The van der Waals surface area contributed by atoms with Crippen molar-refractivity contribution in [3.8, 4) is 33.8 Å². The van der Waals surface area contributed by atoms with Crippen LogP contribution in [0.1, 0.15) is 5.56 Å². The summed E-state index contributed by atoms with van der Waals surface area (Å²) in [5.41, 5.74) is 8.39.